The molecule has 10 heteroatoms. The Morgan fingerprint density at radius 2 is 2.00 bits per heavy atom. The second kappa shape index (κ2) is 8.51. The van der Waals surface area contributed by atoms with Crippen LogP contribution in [0.2, 0.25) is 0 Å². The number of ether oxygens (including phenoxy) is 2. The van der Waals surface area contributed by atoms with Gasteiger partial charge in [-0.3, -0.25) is 9.69 Å². The number of hydrogen-bond acceptors (Lipinski definition) is 6. The summed E-state index contributed by atoms with van der Waals surface area (Å²) in [5, 5.41) is 0. The third kappa shape index (κ3) is 3.81. The third-order valence-corrected chi connectivity index (χ3v) is 6.67. The highest BCUT2D eigenvalue weighted by molar-refractivity contribution is 5.91. The lowest BCUT2D eigenvalue weighted by atomic mass is 9.93. The molecule has 3 atom stereocenters. The van der Waals surface area contributed by atoms with Crippen molar-refractivity contribution in [1.82, 2.24) is 19.4 Å². The molecular weight excluding hydrogens is 420 g/mol. The van der Waals surface area contributed by atoms with Crippen LogP contribution in [0.5, 0.6) is 0 Å². The zero-order valence-electron chi connectivity index (χ0n) is 18.0. The molecule has 8 nitrogen and oxygen atoms in total. The maximum Gasteiger partial charge on any atom is 0.290 e. The summed E-state index contributed by atoms with van der Waals surface area (Å²) in [6, 6.07) is 2.92. The van der Waals surface area contributed by atoms with E-state index in [9.17, 15) is 13.6 Å². The van der Waals surface area contributed by atoms with Crippen LogP contribution >= 0.6 is 0 Å². The molecule has 1 aromatic carbocycles. The summed E-state index contributed by atoms with van der Waals surface area (Å²) in [5.41, 5.74) is 8.38. The van der Waals surface area contributed by atoms with Gasteiger partial charge in [0.2, 0.25) is 0 Å². The van der Waals surface area contributed by atoms with E-state index in [0.717, 1.165) is 29.6 Å². The lowest BCUT2D eigenvalue weighted by Crippen LogP contribution is -2.48. The number of benzene rings is 1. The average Bonchev–Trinajstić information content (AvgIpc) is 3.35. The van der Waals surface area contributed by atoms with Gasteiger partial charge in [-0.05, 0) is 24.6 Å². The van der Waals surface area contributed by atoms with Crippen molar-refractivity contribution in [3.05, 3.63) is 52.6 Å². The molecular formula is C22H27F2N5O3. The number of rotatable bonds is 3. The molecule has 32 heavy (non-hydrogen) atoms. The normalized spacial score (nSPS) is 26.4. The van der Waals surface area contributed by atoms with Gasteiger partial charge in [-0.25, -0.2) is 13.8 Å². The zero-order chi connectivity index (χ0) is 22.4. The summed E-state index contributed by atoms with van der Waals surface area (Å²) in [7, 11) is 1.87. The molecule has 2 N–H and O–H groups in total. The highest BCUT2D eigenvalue weighted by atomic mass is 19.1. The predicted octanol–water partition coefficient (Wildman–Crippen LogP) is 1.34. The first-order valence-corrected chi connectivity index (χ1v) is 10.9. The Bertz CT molecular complexity index is 1020. The number of morpholine rings is 1. The number of fused-ring (bicyclic) bond motifs is 1. The molecule has 2 saturated heterocycles. The third-order valence-electron chi connectivity index (χ3n) is 6.67. The van der Waals surface area contributed by atoms with Gasteiger partial charge in [0.25, 0.3) is 5.91 Å². The monoisotopic (exact) mass is 447 g/mol. The van der Waals surface area contributed by atoms with Gasteiger partial charge in [-0.15, -0.1) is 0 Å². The van der Waals surface area contributed by atoms with Gasteiger partial charge in [0.15, 0.2) is 5.82 Å². The Balaban J connectivity index is 1.25. The van der Waals surface area contributed by atoms with Crippen LogP contribution in [0.25, 0.3) is 0 Å². The Labute approximate surface area is 184 Å². The fourth-order valence-corrected chi connectivity index (χ4v) is 4.86. The fraction of sp³-hybridized carbons (Fsp3) is 0.545. The van der Waals surface area contributed by atoms with E-state index < -0.39 is 23.8 Å². The van der Waals surface area contributed by atoms with Crippen LogP contribution in [0.1, 0.15) is 40.1 Å². The number of imidazole rings is 1. The Kier molecular flexibility index (Phi) is 5.70. The summed E-state index contributed by atoms with van der Waals surface area (Å²) in [6.45, 7) is 3.84. The van der Waals surface area contributed by atoms with Gasteiger partial charge in [0.1, 0.15) is 17.7 Å². The molecule has 4 heterocycles. The lowest BCUT2D eigenvalue weighted by molar-refractivity contribution is -0.0535. The van der Waals surface area contributed by atoms with Gasteiger partial charge in [0, 0.05) is 50.9 Å². The first-order valence-electron chi connectivity index (χ1n) is 10.9. The summed E-state index contributed by atoms with van der Waals surface area (Å²) in [6.07, 6.45) is -0.0865. The first kappa shape index (κ1) is 21.4. The van der Waals surface area contributed by atoms with Crippen LogP contribution in [0, 0.1) is 11.6 Å². The summed E-state index contributed by atoms with van der Waals surface area (Å²) >= 11 is 0. The average molecular weight is 447 g/mol. The molecule has 172 valence electrons. The minimum atomic E-state index is -0.678. The van der Waals surface area contributed by atoms with E-state index in [1.54, 1.807) is 4.90 Å². The number of carbonyl (C=O) groups is 1. The topological polar surface area (TPSA) is 85.8 Å². The number of aromatic nitrogens is 2. The van der Waals surface area contributed by atoms with Crippen LogP contribution in [-0.2, 0) is 29.6 Å². The van der Waals surface area contributed by atoms with Gasteiger partial charge >= 0.3 is 0 Å². The van der Waals surface area contributed by atoms with Crippen LogP contribution < -0.4 is 5.73 Å². The molecule has 3 aliphatic rings. The van der Waals surface area contributed by atoms with E-state index in [0.29, 0.717) is 58.2 Å². The maximum atomic E-state index is 14.2. The van der Waals surface area contributed by atoms with Crippen molar-refractivity contribution in [2.24, 2.45) is 12.8 Å². The summed E-state index contributed by atoms with van der Waals surface area (Å²) < 4.78 is 40.9. The van der Waals surface area contributed by atoms with E-state index in [1.807, 2.05) is 11.6 Å². The Morgan fingerprint density at radius 1 is 1.22 bits per heavy atom. The summed E-state index contributed by atoms with van der Waals surface area (Å²) in [4.78, 5) is 21.5. The summed E-state index contributed by atoms with van der Waals surface area (Å²) in [5.74, 6) is -0.641. The standard InChI is InChI=1S/C22H27F2N5O3/c1-27-19-11-29(10-18(19)26-21(27)22(30)28-4-6-31-7-5-28)14-9-17(25)20(32-12-14)15-8-13(23)2-3-16(15)24/h2-3,8,14,17,20H,4-7,9-12,25H2,1H3/t14?,17-,20+/m0/s1. The fourth-order valence-electron chi connectivity index (χ4n) is 4.86. The minimum absolute atomic E-state index is 0.0328. The molecule has 2 fully saturated rings. The van der Waals surface area contributed by atoms with Crippen molar-refractivity contribution in [2.45, 2.75) is 37.7 Å². The van der Waals surface area contributed by atoms with Crippen molar-refractivity contribution in [1.29, 1.82) is 0 Å². The molecule has 1 unspecified atom stereocenters. The highest BCUT2D eigenvalue weighted by Crippen LogP contribution is 2.34. The molecule has 3 aliphatic heterocycles. The van der Waals surface area contributed by atoms with Crippen molar-refractivity contribution >= 4 is 5.91 Å². The second-order valence-corrected chi connectivity index (χ2v) is 8.67. The number of hydrogen-bond donors (Lipinski definition) is 1. The van der Waals surface area contributed by atoms with Crippen molar-refractivity contribution < 1.29 is 23.0 Å². The number of halogens is 2. The quantitative estimate of drug-likeness (QED) is 0.765. The van der Waals surface area contributed by atoms with E-state index >= 15 is 0 Å². The molecule has 0 spiro atoms. The Hall–Kier alpha value is -2.40. The molecule has 1 amide bonds. The predicted molar refractivity (Wildman–Crippen MR) is 111 cm³/mol. The minimum Gasteiger partial charge on any atom is -0.378 e. The maximum absolute atomic E-state index is 14.2. The number of amides is 1. The molecule has 0 radical (unpaired) electrons. The number of nitrogens with two attached hydrogens (primary N) is 1. The van der Waals surface area contributed by atoms with Crippen LogP contribution in [0.4, 0.5) is 8.78 Å². The molecule has 2 aromatic rings. The van der Waals surface area contributed by atoms with Gasteiger partial charge in [-0.1, -0.05) is 0 Å². The second-order valence-electron chi connectivity index (χ2n) is 8.67. The largest absolute Gasteiger partial charge is 0.378 e. The highest BCUT2D eigenvalue weighted by Gasteiger charge is 2.38. The first-order chi connectivity index (χ1) is 15.4. The van der Waals surface area contributed by atoms with Gasteiger partial charge in [0.05, 0.1) is 31.2 Å². The van der Waals surface area contributed by atoms with Crippen molar-refractivity contribution in [3.63, 3.8) is 0 Å². The smallest absolute Gasteiger partial charge is 0.290 e. The van der Waals surface area contributed by atoms with E-state index in [2.05, 4.69) is 9.88 Å². The molecule has 0 aliphatic carbocycles. The van der Waals surface area contributed by atoms with Gasteiger partial charge < -0.3 is 24.7 Å². The molecule has 0 saturated carbocycles. The van der Waals surface area contributed by atoms with E-state index in [-0.39, 0.29) is 17.5 Å². The molecule has 5 rings (SSSR count). The van der Waals surface area contributed by atoms with E-state index in [1.165, 1.54) is 0 Å². The number of nitrogens with zero attached hydrogens (tertiary/aromatic N) is 4. The van der Waals surface area contributed by atoms with E-state index in [4.69, 9.17) is 15.2 Å². The molecule has 1 aromatic heterocycles. The van der Waals surface area contributed by atoms with Crippen LogP contribution in [0.3, 0.4) is 0 Å². The van der Waals surface area contributed by atoms with Crippen molar-refractivity contribution in [2.75, 3.05) is 32.9 Å². The van der Waals surface area contributed by atoms with Crippen LogP contribution in [-0.4, -0.2) is 70.3 Å². The van der Waals surface area contributed by atoms with Crippen molar-refractivity contribution in [3.8, 4) is 0 Å². The zero-order valence-corrected chi connectivity index (χ0v) is 18.0. The number of carbonyl (C=O) groups excluding carboxylic acids is 1. The Morgan fingerprint density at radius 3 is 2.72 bits per heavy atom. The van der Waals surface area contributed by atoms with Gasteiger partial charge in [-0.2, -0.15) is 0 Å². The SMILES string of the molecule is Cn1c(C(=O)N2CCOCC2)nc2c1CN(C1CO[C@H](c3cc(F)ccc3F)[C@@H](N)C1)C2. The van der Waals surface area contributed by atoms with Crippen LogP contribution in [0.15, 0.2) is 18.2 Å². The molecule has 0 bridgehead atoms. The lowest BCUT2D eigenvalue weighted by Gasteiger charge is -2.38.